The molecule has 0 spiro atoms. The maximum Gasteiger partial charge on any atom is 0.0682 e. The molecular formula is C15H19NOS. The Hall–Kier alpha value is -1.32. The molecule has 0 radical (unpaired) electrons. The second-order valence-electron chi connectivity index (χ2n) is 4.38. The molecule has 0 saturated carbocycles. The SMILES string of the molecule is CCc1ccc(C(C)Nc2cccc(CO)c2)s1. The highest BCUT2D eigenvalue weighted by Crippen LogP contribution is 2.26. The van der Waals surface area contributed by atoms with Crippen LogP contribution in [0.1, 0.15) is 35.2 Å². The molecule has 2 rings (SSSR count). The van der Waals surface area contributed by atoms with E-state index < -0.39 is 0 Å². The zero-order valence-corrected chi connectivity index (χ0v) is 11.6. The summed E-state index contributed by atoms with van der Waals surface area (Å²) in [7, 11) is 0. The standard InChI is InChI=1S/C15H19NOS/c1-3-14-7-8-15(18-14)11(2)16-13-6-4-5-12(9-13)10-17/h4-9,11,16-17H,3,10H2,1-2H3. The van der Waals surface area contributed by atoms with E-state index in [1.807, 2.05) is 35.6 Å². The van der Waals surface area contributed by atoms with E-state index in [-0.39, 0.29) is 6.61 Å². The molecule has 1 heterocycles. The number of aryl methyl sites for hydroxylation is 1. The Morgan fingerprint density at radius 2 is 2.11 bits per heavy atom. The van der Waals surface area contributed by atoms with Crippen LogP contribution in [0.5, 0.6) is 0 Å². The van der Waals surface area contributed by atoms with Crippen LogP contribution in [0.4, 0.5) is 5.69 Å². The molecule has 18 heavy (non-hydrogen) atoms. The van der Waals surface area contributed by atoms with Gasteiger partial charge in [-0.05, 0) is 43.2 Å². The van der Waals surface area contributed by atoms with E-state index in [9.17, 15) is 0 Å². The van der Waals surface area contributed by atoms with Gasteiger partial charge in [0.2, 0.25) is 0 Å². The fourth-order valence-electron chi connectivity index (χ4n) is 1.90. The number of anilines is 1. The predicted molar refractivity (Wildman–Crippen MR) is 78.1 cm³/mol. The van der Waals surface area contributed by atoms with E-state index in [4.69, 9.17) is 5.11 Å². The summed E-state index contributed by atoms with van der Waals surface area (Å²) in [5.41, 5.74) is 1.99. The molecule has 0 aliphatic carbocycles. The van der Waals surface area contributed by atoms with Crippen molar-refractivity contribution < 1.29 is 5.11 Å². The summed E-state index contributed by atoms with van der Waals surface area (Å²) in [4.78, 5) is 2.77. The van der Waals surface area contributed by atoms with Gasteiger partial charge in [-0.15, -0.1) is 11.3 Å². The van der Waals surface area contributed by atoms with Crippen molar-refractivity contribution in [2.45, 2.75) is 32.9 Å². The van der Waals surface area contributed by atoms with E-state index in [0.29, 0.717) is 6.04 Å². The molecule has 0 saturated heterocycles. The van der Waals surface area contributed by atoms with Crippen LogP contribution in [-0.2, 0) is 13.0 Å². The summed E-state index contributed by atoms with van der Waals surface area (Å²) in [5.74, 6) is 0. The first-order valence-electron chi connectivity index (χ1n) is 6.28. The van der Waals surface area contributed by atoms with E-state index in [1.165, 1.54) is 9.75 Å². The molecule has 2 aromatic rings. The summed E-state index contributed by atoms with van der Waals surface area (Å²) in [6.07, 6.45) is 1.09. The number of aliphatic hydroxyl groups excluding tert-OH is 1. The first-order chi connectivity index (χ1) is 8.72. The molecule has 0 aliphatic heterocycles. The second kappa shape index (κ2) is 6.03. The molecular weight excluding hydrogens is 242 g/mol. The highest BCUT2D eigenvalue weighted by atomic mass is 32.1. The molecule has 1 aromatic carbocycles. The minimum atomic E-state index is 0.0862. The molecule has 1 aromatic heterocycles. The fourth-order valence-corrected chi connectivity index (χ4v) is 2.85. The molecule has 96 valence electrons. The van der Waals surface area contributed by atoms with Crippen LogP contribution in [0.25, 0.3) is 0 Å². The minimum Gasteiger partial charge on any atom is -0.392 e. The maximum absolute atomic E-state index is 9.12. The fraction of sp³-hybridized carbons (Fsp3) is 0.333. The monoisotopic (exact) mass is 261 g/mol. The van der Waals surface area contributed by atoms with Gasteiger partial charge in [0, 0.05) is 15.4 Å². The maximum atomic E-state index is 9.12. The number of hydrogen-bond acceptors (Lipinski definition) is 3. The van der Waals surface area contributed by atoms with E-state index in [1.54, 1.807) is 0 Å². The van der Waals surface area contributed by atoms with Crippen LogP contribution in [-0.4, -0.2) is 5.11 Å². The number of thiophene rings is 1. The normalized spacial score (nSPS) is 12.4. The third-order valence-corrected chi connectivity index (χ3v) is 4.36. The Labute approximate surface area is 112 Å². The van der Waals surface area contributed by atoms with Crippen molar-refractivity contribution in [1.82, 2.24) is 0 Å². The summed E-state index contributed by atoms with van der Waals surface area (Å²) >= 11 is 1.86. The Balaban J connectivity index is 2.08. The zero-order valence-electron chi connectivity index (χ0n) is 10.8. The quantitative estimate of drug-likeness (QED) is 0.853. The molecule has 3 heteroatoms. The summed E-state index contributed by atoms with van der Waals surface area (Å²) < 4.78 is 0. The largest absolute Gasteiger partial charge is 0.392 e. The van der Waals surface area contributed by atoms with Crippen molar-refractivity contribution in [3.05, 3.63) is 51.7 Å². The topological polar surface area (TPSA) is 32.3 Å². The lowest BCUT2D eigenvalue weighted by Gasteiger charge is -2.14. The van der Waals surface area contributed by atoms with Gasteiger partial charge in [-0.1, -0.05) is 19.1 Å². The molecule has 1 unspecified atom stereocenters. The number of rotatable bonds is 5. The highest BCUT2D eigenvalue weighted by molar-refractivity contribution is 7.12. The molecule has 0 amide bonds. The third-order valence-electron chi connectivity index (χ3n) is 2.95. The summed E-state index contributed by atoms with van der Waals surface area (Å²) in [6.45, 7) is 4.43. The van der Waals surface area contributed by atoms with E-state index in [2.05, 4.69) is 31.3 Å². The van der Waals surface area contributed by atoms with Gasteiger partial charge in [-0.2, -0.15) is 0 Å². The van der Waals surface area contributed by atoms with Crippen molar-refractivity contribution in [1.29, 1.82) is 0 Å². The van der Waals surface area contributed by atoms with Gasteiger partial charge in [0.05, 0.1) is 12.6 Å². The van der Waals surface area contributed by atoms with Crippen molar-refractivity contribution in [3.8, 4) is 0 Å². The molecule has 2 N–H and O–H groups in total. The smallest absolute Gasteiger partial charge is 0.0682 e. The Morgan fingerprint density at radius 3 is 2.78 bits per heavy atom. The van der Waals surface area contributed by atoms with Gasteiger partial charge in [-0.3, -0.25) is 0 Å². The van der Waals surface area contributed by atoms with Gasteiger partial charge in [-0.25, -0.2) is 0 Å². The Bertz CT molecular complexity index is 507. The first kappa shape index (κ1) is 13.1. The minimum absolute atomic E-state index is 0.0862. The van der Waals surface area contributed by atoms with Gasteiger partial charge in [0.15, 0.2) is 0 Å². The Kier molecular flexibility index (Phi) is 4.39. The summed E-state index contributed by atoms with van der Waals surface area (Å²) in [6, 6.07) is 12.6. The van der Waals surface area contributed by atoms with Crippen molar-refractivity contribution in [2.75, 3.05) is 5.32 Å². The highest BCUT2D eigenvalue weighted by Gasteiger charge is 2.08. The average Bonchev–Trinajstić information content (AvgIpc) is 2.88. The first-order valence-corrected chi connectivity index (χ1v) is 7.09. The molecule has 0 aliphatic rings. The van der Waals surface area contributed by atoms with Gasteiger partial charge < -0.3 is 10.4 Å². The number of nitrogens with one attached hydrogen (secondary N) is 1. The number of benzene rings is 1. The van der Waals surface area contributed by atoms with Crippen LogP contribution in [0.15, 0.2) is 36.4 Å². The van der Waals surface area contributed by atoms with Crippen LogP contribution < -0.4 is 5.32 Å². The van der Waals surface area contributed by atoms with E-state index >= 15 is 0 Å². The van der Waals surface area contributed by atoms with E-state index in [0.717, 1.165) is 17.7 Å². The van der Waals surface area contributed by atoms with Crippen LogP contribution in [0.2, 0.25) is 0 Å². The van der Waals surface area contributed by atoms with Gasteiger partial charge in [0.1, 0.15) is 0 Å². The number of hydrogen-bond donors (Lipinski definition) is 2. The van der Waals surface area contributed by atoms with Crippen molar-refractivity contribution in [3.63, 3.8) is 0 Å². The summed E-state index contributed by atoms with van der Waals surface area (Å²) in [5, 5.41) is 12.6. The van der Waals surface area contributed by atoms with Crippen LogP contribution in [0.3, 0.4) is 0 Å². The molecule has 0 fully saturated rings. The second-order valence-corrected chi connectivity index (χ2v) is 5.58. The predicted octanol–water partition coefficient (Wildman–Crippen LogP) is 3.98. The molecule has 2 nitrogen and oxygen atoms in total. The van der Waals surface area contributed by atoms with Crippen LogP contribution in [0, 0.1) is 0 Å². The lowest BCUT2D eigenvalue weighted by atomic mass is 10.2. The third kappa shape index (κ3) is 3.12. The Morgan fingerprint density at radius 1 is 1.28 bits per heavy atom. The zero-order chi connectivity index (χ0) is 13.0. The lowest BCUT2D eigenvalue weighted by Crippen LogP contribution is -2.04. The lowest BCUT2D eigenvalue weighted by molar-refractivity contribution is 0.282. The van der Waals surface area contributed by atoms with Gasteiger partial charge >= 0.3 is 0 Å². The molecule has 0 bridgehead atoms. The van der Waals surface area contributed by atoms with Crippen molar-refractivity contribution >= 4 is 17.0 Å². The van der Waals surface area contributed by atoms with Gasteiger partial charge in [0.25, 0.3) is 0 Å². The molecule has 1 atom stereocenters. The average molecular weight is 261 g/mol. The van der Waals surface area contributed by atoms with Crippen molar-refractivity contribution in [2.24, 2.45) is 0 Å². The van der Waals surface area contributed by atoms with Crippen LogP contribution >= 0.6 is 11.3 Å². The number of aliphatic hydroxyl groups is 1.